The van der Waals surface area contributed by atoms with E-state index < -0.39 is 0 Å². The van der Waals surface area contributed by atoms with Gasteiger partial charge in [-0.1, -0.05) is 18.7 Å². The minimum atomic E-state index is -0.290. The van der Waals surface area contributed by atoms with Crippen molar-refractivity contribution in [3.05, 3.63) is 72.6 Å². The smallest absolute Gasteiger partial charge is 0.263 e. The first kappa shape index (κ1) is 24.2. The maximum absolute atomic E-state index is 12.1. The van der Waals surface area contributed by atoms with Crippen LogP contribution in [-0.4, -0.2) is 40.4 Å². The van der Waals surface area contributed by atoms with Gasteiger partial charge in [-0.2, -0.15) is 10.5 Å². The summed E-state index contributed by atoms with van der Waals surface area (Å²) in [6, 6.07) is 18.3. The quantitative estimate of drug-likeness (QED) is 0.381. The number of nitrogen functional groups attached to an aromatic ring is 1. The lowest BCUT2D eigenvalue weighted by Gasteiger charge is -2.32. The highest BCUT2D eigenvalue weighted by molar-refractivity contribution is 5.96. The van der Waals surface area contributed by atoms with Crippen molar-refractivity contribution in [1.29, 1.82) is 10.5 Å². The molecular formula is C27H25N7O2. The van der Waals surface area contributed by atoms with Crippen molar-refractivity contribution in [1.82, 2.24) is 14.9 Å². The third-order valence-electron chi connectivity index (χ3n) is 6.09. The van der Waals surface area contributed by atoms with Crippen LogP contribution in [0, 0.1) is 28.6 Å². The highest BCUT2D eigenvalue weighted by Crippen LogP contribution is 2.33. The molecule has 0 saturated carbocycles. The molecule has 4 rings (SSSR count). The summed E-state index contributed by atoms with van der Waals surface area (Å²) in [5, 5.41) is 21.2. The molecule has 1 aliphatic rings. The van der Waals surface area contributed by atoms with Gasteiger partial charge in [0.1, 0.15) is 41.1 Å². The van der Waals surface area contributed by atoms with Crippen LogP contribution >= 0.6 is 0 Å². The second-order valence-corrected chi connectivity index (χ2v) is 8.45. The Kier molecular flexibility index (Phi) is 7.42. The zero-order chi connectivity index (χ0) is 25.5. The number of nitrogens with one attached hydrogen (secondary N) is 1. The van der Waals surface area contributed by atoms with Crippen LogP contribution in [0.2, 0.25) is 0 Å². The van der Waals surface area contributed by atoms with E-state index in [4.69, 9.17) is 21.0 Å². The van der Waals surface area contributed by atoms with Gasteiger partial charge in [-0.05, 0) is 60.7 Å². The third-order valence-corrected chi connectivity index (χ3v) is 6.09. The summed E-state index contributed by atoms with van der Waals surface area (Å²) in [5.41, 5.74) is 8.31. The number of benzene rings is 2. The maximum Gasteiger partial charge on any atom is 0.263 e. The van der Waals surface area contributed by atoms with E-state index in [1.807, 2.05) is 30.3 Å². The number of nitrogens with two attached hydrogens (primary N) is 1. The number of nitriles is 2. The van der Waals surface area contributed by atoms with Gasteiger partial charge in [-0.3, -0.25) is 4.79 Å². The second-order valence-electron chi connectivity index (χ2n) is 8.45. The van der Waals surface area contributed by atoms with Crippen LogP contribution in [0.25, 0.3) is 11.1 Å². The SMILES string of the molecule is C=C(C#N)C(=O)N1CCC(CNc2ncnc(N)c2-c2ccc(Oc3ccc(C#N)cc3)cc2)CC1. The first-order chi connectivity index (χ1) is 17.5. The summed E-state index contributed by atoms with van der Waals surface area (Å²) in [6.45, 7) is 5.36. The van der Waals surface area contributed by atoms with Gasteiger partial charge in [0.05, 0.1) is 17.2 Å². The average molecular weight is 480 g/mol. The van der Waals surface area contributed by atoms with Gasteiger partial charge in [-0.15, -0.1) is 0 Å². The van der Waals surface area contributed by atoms with E-state index in [1.54, 1.807) is 29.2 Å². The van der Waals surface area contributed by atoms with Crippen LogP contribution in [0.15, 0.2) is 67.0 Å². The van der Waals surface area contributed by atoms with Crippen molar-refractivity contribution in [3.63, 3.8) is 0 Å². The van der Waals surface area contributed by atoms with Gasteiger partial charge in [0.2, 0.25) is 0 Å². The first-order valence-electron chi connectivity index (χ1n) is 11.5. The van der Waals surface area contributed by atoms with Gasteiger partial charge in [0.25, 0.3) is 5.91 Å². The number of hydrogen-bond acceptors (Lipinski definition) is 8. The molecule has 36 heavy (non-hydrogen) atoms. The Morgan fingerprint density at radius 3 is 2.33 bits per heavy atom. The van der Waals surface area contributed by atoms with E-state index in [2.05, 4.69) is 27.9 Å². The Balaban J connectivity index is 1.40. The molecule has 0 spiro atoms. The van der Waals surface area contributed by atoms with Gasteiger partial charge < -0.3 is 20.7 Å². The average Bonchev–Trinajstić information content (AvgIpc) is 2.92. The number of piperidine rings is 1. The number of carbonyl (C=O) groups excluding carboxylic acids is 1. The van der Waals surface area contributed by atoms with Crippen LogP contribution in [0.5, 0.6) is 11.5 Å². The van der Waals surface area contributed by atoms with Gasteiger partial charge >= 0.3 is 0 Å². The van der Waals surface area contributed by atoms with Crippen LogP contribution < -0.4 is 15.8 Å². The topological polar surface area (TPSA) is 141 Å². The predicted octanol–water partition coefficient (Wildman–Crippen LogP) is 4.12. The highest BCUT2D eigenvalue weighted by Gasteiger charge is 2.24. The van der Waals surface area contributed by atoms with Gasteiger partial charge in [-0.25, -0.2) is 9.97 Å². The van der Waals surface area contributed by atoms with Crippen molar-refractivity contribution < 1.29 is 9.53 Å². The zero-order valence-corrected chi connectivity index (χ0v) is 19.6. The normalized spacial score (nSPS) is 13.3. The second kappa shape index (κ2) is 11.0. The Hall–Kier alpha value is -4.89. The molecule has 2 heterocycles. The molecule has 9 heteroatoms. The Bertz CT molecular complexity index is 1330. The Morgan fingerprint density at radius 2 is 1.72 bits per heavy atom. The van der Waals surface area contributed by atoms with Crippen molar-refractivity contribution in [3.8, 4) is 34.8 Å². The largest absolute Gasteiger partial charge is 0.457 e. The van der Waals surface area contributed by atoms with Crippen LogP contribution in [0.3, 0.4) is 0 Å². The number of carbonyl (C=O) groups is 1. The van der Waals surface area contributed by atoms with E-state index in [1.165, 1.54) is 6.33 Å². The minimum Gasteiger partial charge on any atom is -0.457 e. The summed E-state index contributed by atoms with van der Waals surface area (Å²) in [6.07, 6.45) is 3.06. The van der Waals surface area contributed by atoms with Crippen LogP contribution in [0.1, 0.15) is 18.4 Å². The third kappa shape index (κ3) is 5.60. The number of likely N-dealkylation sites (tertiary alicyclic amines) is 1. The fraction of sp³-hybridized carbons (Fsp3) is 0.222. The van der Waals surface area contributed by atoms with Gasteiger partial charge in [0.15, 0.2) is 0 Å². The summed E-state index contributed by atoms with van der Waals surface area (Å²) < 4.78 is 5.86. The minimum absolute atomic E-state index is 0.0269. The molecule has 3 aromatic rings. The number of anilines is 2. The number of hydrogen-bond donors (Lipinski definition) is 2. The fourth-order valence-corrected chi connectivity index (χ4v) is 4.06. The molecule has 1 fully saturated rings. The van der Waals surface area contributed by atoms with Crippen molar-refractivity contribution in [2.75, 3.05) is 30.7 Å². The summed E-state index contributed by atoms with van der Waals surface area (Å²) in [4.78, 5) is 22.4. The highest BCUT2D eigenvalue weighted by atomic mass is 16.5. The van der Waals surface area contributed by atoms with E-state index in [0.717, 1.165) is 18.4 Å². The van der Waals surface area contributed by atoms with E-state index in [9.17, 15) is 4.79 Å². The fourth-order valence-electron chi connectivity index (χ4n) is 4.06. The van der Waals surface area contributed by atoms with E-state index >= 15 is 0 Å². The molecule has 1 aromatic heterocycles. The molecule has 0 atom stereocenters. The van der Waals surface area contributed by atoms with Crippen LogP contribution in [-0.2, 0) is 4.79 Å². The maximum atomic E-state index is 12.1. The Labute approximate surface area is 209 Å². The molecule has 1 amide bonds. The molecule has 2 aromatic carbocycles. The van der Waals surface area contributed by atoms with Crippen molar-refractivity contribution in [2.45, 2.75) is 12.8 Å². The zero-order valence-electron chi connectivity index (χ0n) is 19.6. The lowest BCUT2D eigenvalue weighted by molar-refractivity contribution is -0.127. The predicted molar refractivity (Wildman–Crippen MR) is 136 cm³/mol. The number of ether oxygens (including phenoxy) is 1. The summed E-state index contributed by atoms with van der Waals surface area (Å²) in [5.74, 6) is 2.34. The molecule has 0 unspecified atom stereocenters. The van der Waals surface area contributed by atoms with Crippen molar-refractivity contribution in [2.24, 2.45) is 5.92 Å². The standard InChI is InChI=1S/C27H25N7O2/c1-18(14-28)27(35)34-12-10-20(11-13-34)16-31-26-24(25(30)32-17-33-26)21-4-8-23(9-5-21)36-22-6-2-19(15-29)3-7-22/h2-9,17,20H,1,10-13,16H2,(H3,30,31,32,33). The number of aromatic nitrogens is 2. The molecule has 1 saturated heterocycles. The summed E-state index contributed by atoms with van der Waals surface area (Å²) >= 11 is 0. The van der Waals surface area contributed by atoms with Crippen LogP contribution in [0.4, 0.5) is 11.6 Å². The first-order valence-corrected chi connectivity index (χ1v) is 11.5. The summed E-state index contributed by atoms with van der Waals surface area (Å²) in [7, 11) is 0. The monoisotopic (exact) mass is 479 g/mol. The number of nitrogens with zero attached hydrogens (tertiary/aromatic N) is 5. The molecule has 0 bridgehead atoms. The van der Waals surface area contributed by atoms with E-state index in [0.29, 0.717) is 59.8 Å². The molecule has 9 nitrogen and oxygen atoms in total. The number of rotatable bonds is 7. The molecule has 180 valence electrons. The molecule has 0 radical (unpaired) electrons. The van der Waals surface area contributed by atoms with Gasteiger partial charge in [0, 0.05) is 19.6 Å². The lowest BCUT2D eigenvalue weighted by Crippen LogP contribution is -2.40. The molecule has 3 N–H and O–H groups in total. The van der Waals surface area contributed by atoms with E-state index in [-0.39, 0.29) is 11.5 Å². The number of amides is 1. The molecule has 1 aliphatic heterocycles. The molecule has 0 aliphatic carbocycles. The van der Waals surface area contributed by atoms with Crippen molar-refractivity contribution >= 4 is 17.5 Å². The lowest BCUT2D eigenvalue weighted by atomic mass is 9.96. The Morgan fingerprint density at radius 1 is 1.08 bits per heavy atom. The molecular weight excluding hydrogens is 454 g/mol.